The van der Waals surface area contributed by atoms with Crippen molar-refractivity contribution in [3.8, 4) is 69.0 Å². The Labute approximate surface area is 916 Å². The van der Waals surface area contributed by atoms with E-state index in [1.54, 1.807) is 68.1 Å². The van der Waals surface area contributed by atoms with Crippen LogP contribution in [0.3, 0.4) is 0 Å². The Morgan fingerprint density at radius 2 is 0.496 bits per heavy atom. The van der Waals surface area contributed by atoms with Crippen LogP contribution >= 0.6 is 0 Å². The molecular weight excluding hydrogens is 1780 g/mol. The fraction of sp³-hybridized carbons (Fsp3) is 0.692. The summed E-state index contributed by atoms with van der Waals surface area (Å²) in [5.74, 6) is -4.83. The normalized spacial score (nSPS) is 39.8. The zero-order chi connectivity index (χ0) is 145. The van der Waals surface area contributed by atoms with Crippen LogP contribution in [0.2, 0.25) is 0 Å². The second-order valence-corrected chi connectivity index (χ2v) is 39.8. The Morgan fingerprint density at radius 3 is 0.709 bits per heavy atom. The number of benzene rings is 6. The second-order valence-electron chi connectivity index (χ2n) is 39.8. The number of nitrogens with zero attached hydrogens (tertiary/aromatic N) is 6. The van der Waals surface area contributed by atoms with Crippen molar-refractivity contribution in [2.24, 2.45) is 69.5 Å². The molecule has 18 unspecified atom stereocenters. The van der Waals surface area contributed by atoms with Gasteiger partial charge in [-0.25, -0.2) is 0 Å². The molecule has 6 fully saturated rings. The van der Waals surface area contributed by atoms with E-state index in [0.29, 0.717) is 137 Å². The van der Waals surface area contributed by atoms with Crippen LogP contribution in [0.5, 0.6) is 69.0 Å². The maximum atomic E-state index is 11.1. The van der Waals surface area contributed by atoms with E-state index in [1.807, 2.05) is 27.7 Å². The Hall–Kier alpha value is -7.56. The van der Waals surface area contributed by atoms with Gasteiger partial charge in [0.25, 0.3) is 0 Å². The Bertz CT molecular complexity index is 7190. The van der Waals surface area contributed by atoms with E-state index < -0.39 is 220 Å². The number of fused-ring (bicyclic) bond motifs is 18. The lowest BCUT2D eigenvalue weighted by atomic mass is 9.75. The maximum Gasteiger partial charge on any atom is 0.161 e. The third-order valence-electron chi connectivity index (χ3n) is 27.7. The first kappa shape index (κ1) is 61.3. The lowest BCUT2D eigenvalue weighted by Crippen LogP contribution is -2.48. The van der Waals surface area contributed by atoms with Crippen LogP contribution < -0.4 is 56.8 Å². The zero-order valence-electron chi connectivity index (χ0n) is 134. The average Bonchev–Trinajstić information content (AvgIpc) is 0.674. The molecule has 0 aliphatic carbocycles. The summed E-state index contributed by atoms with van der Waals surface area (Å²) in [6.45, 7) is -2.83. The third kappa shape index (κ3) is 26.9. The van der Waals surface area contributed by atoms with Gasteiger partial charge in [0, 0.05) is 156 Å². The van der Waals surface area contributed by atoms with Gasteiger partial charge in [-0.3, -0.25) is 29.4 Å². The smallest absolute Gasteiger partial charge is 0.161 e. The Balaban J connectivity index is 0.000000185. The summed E-state index contributed by atoms with van der Waals surface area (Å²) in [6, 6.07) is 8.87. The molecule has 0 amide bonds. The molecule has 6 aromatic carbocycles. The number of ether oxygens (including phenoxy) is 12. The first-order valence-corrected chi connectivity index (χ1v) is 48.3. The molecule has 0 aromatic heterocycles. The average molecular weight is 2010 g/mol. The molecule has 6 aromatic rings. The highest BCUT2D eigenvalue weighted by Gasteiger charge is 2.47. The maximum absolute atomic E-state index is 11.1. The Kier molecular flexibility index (Phi) is 21.0. The van der Waals surface area contributed by atoms with Crippen LogP contribution in [0, 0.1) is 69.5 Å². The molecule has 12 heterocycles. The molecule has 6 saturated heterocycles. The highest BCUT2D eigenvalue weighted by molar-refractivity contribution is 5.55. The van der Waals surface area contributed by atoms with E-state index in [0.717, 1.165) is 56.8 Å². The van der Waals surface area contributed by atoms with Gasteiger partial charge < -0.3 is 87.5 Å². The molecule has 141 heavy (non-hydrogen) atoms. The second kappa shape index (κ2) is 48.4. The summed E-state index contributed by atoms with van der Waals surface area (Å²) < 4.78 is 470. The van der Waals surface area contributed by atoms with Crippen molar-refractivity contribution in [2.45, 2.75) is 291 Å². The van der Waals surface area contributed by atoms with Crippen molar-refractivity contribution < 1.29 is 156 Å². The molecule has 0 spiro atoms. The molecule has 12 aliphatic heterocycles. The number of hydrogen-bond acceptors (Lipinski definition) is 24. The number of piperidine rings is 6. The van der Waals surface area contributed by atoms with Gasteiger partial charge in [0.2, 0.25) is 0 Å². The molecule has 18 rings (SSSR count). The number of hydrogen-bond donors (Lipinski definition) is 6. The molecule has 18 atom stereocenters. The van der Waals surface area contributed by atoms with Gasteiger partial charge in [-0.05, 0) is 324 Å². The van der Waals surface area contributed by atoms with E-state index in [4.69, 9.17) is 120 Å². The topological polar surface area (TPSA) is 252 Å². The molecule has 24 heteroatoms. The van der Waals surface area contributed by atoms with E-state index >= 15 is 0 Å². The van der Waals surface area contributed by atoms with Gasteiger partial charge in [0.15, 0.2) is 69.0 Å². The fourth-order valence-electron chi connectivity index (χ4n) is 21.2. The van der Waals surface area contributed by atoms with Crippen LogP contribution in [0.15, 0.2) is 72.8 Å². The van der Waals surface area contributed by atoms with E-state index in [1.165, 1.54) is 86.0 Å². The molecule has 786 valence electrons. The number of rotatable bonds is 21. The van der Waals surface area contributed by atoms with Gasteiger partial charge in [0.05, 0.1) is 149 Å². The number of methoxy groups -OCH3 is 12. The van der Waals surface area contributed by atoms with Crippen LogP contribution in [0.1, 0.15) is 352 Å². The summed E-state index contributed by atoms with van der Waals surface area (Å²) in [5.41, 5.74) is -1.45. The van der Waals surface area contributed by atoms with Crippen molar-refractivity contribution in [1.82, 2.24) is 29.4 Å². The standard InChI is InChI=1S/3C20H31NO3.3C19H29NO3/c3*1-20(2,3)11-14-12-21-7-6-13-8-18(23-4)19(24-5)9-15(13)16(21)10-17(14)22;3*1-12(2)7-14-11-20-6-5-13-8-18(22-3)19(23-4)9-15(13)16(20)10-17(14)21/h3*8-9,14,16-17,22H,6-7,10-12H2,1-5H3;3*8-9,12,14,16-17,21H,5-7,10-11H2,1-4H3/i2*1D3,2D3,5D3,11D2,16D;1D3,2D3,11D2,16D;4D3,10D2,14D,16D,17D;10D2,14D,16D,17D;4D3,16D. The van der Waals surface area contributed by atoms with Crippen LogP contribution in [0.25, 0.3) is 0 Å². The summed E-state index contributed by atoms with van der Waals surface area (Å²) in [4.78, 5) is 10.0. The summed E-state index contributed by atoms with van der Waals surface area (Å²) in [6.07, 6.45) is -21.3. The highest BCUT2D eigenvalue weighted by atomic mass is 16.5. The molecule has 24 nitrogen and oxygen atoms in total. The minimum absolute atomic E-state index is 0.00448. The summed E-state index contributed by atoms with van der Waals surface area (Å²) in [7, 11) is 0.538. The minimum atomic E-state index is -3.20. The predicted octanol–water partition coefficient (Wildman–Crippen LogP) is 19.3. The lowest BCUT2D eigenvalue weighted by molar-refractivity contribution is -0.0259. The summed E-state index contributed by atoms with van der Waals surface area (Å²) >= 11 is 0. The lowest BCUT2D eigenvalue weighted by Gasteiger charge is -2.47. The molecule has 12 aliphatic rings. The number of aliphatic hydroxyl groups is 6. The quantitative estimate of drug-likeness (QED) is 0.0392. The predicted molar refractivity (Wildman–Crippen MR) is 561 cm³/mol. The SMILES string of the molecule is [2H]C([2H])([2H])Oc1cc2c(cc1OC)CCN1CC(C([2H])([2H])C(C)(C([2H])([2H])[2H])C([2H])([2H])[2H])C(O)CC21[2H].[2H]C([2H])([2H])Oc1cc2c(cc1OC)CCN1CC(C([2H])([2H])C(C)(C([2H])([2H])[2H])C([2H])([2H])[2H])C(O)CC21[2H].[2H]C([2H])([2H])Oc1cc2c(cc1OC)CCN1CC(CC(C)C)C(O)CC21[2H].[2H]C([2H])([2H])Oc1cc2c(cc1OC)CCN1CC([2H])(CC(C)C)C([2H])(O)C([2H])([2H])C21[2H].[2H]C1(CC(C)C)CN2CCc3cc(OC)c(OC)cc3C2([2H])C([2H])([2H])C1([2H])O.[2H]C12CC(O)C(C([2H])([2H])C(C)(C([2H])([2H])[2H])C([2H])([2H])[2H])CN1CCc1cc(OC)c(OC)cc12. The highest BCUT2D eigenvalue weighted by Crippen LogP contribution is 2.53. The van der Waals surface area contributed by atoms with Gasteiger partial charge >= 0.3 is 0 Å². The van der Waals surface area contributed by atoms with E-state index in [-0.39, 0.29) is 148 Å². The molecule has 6 N–H and O–H groups in total. The van der Waals surface area contributed by atoms with Crippen molar-refractivity contribution >= 4 is 0 Å². The van der Waals surface area contributed by atoms with Crippen molar-refractivity contribution in [3.05, 3.63) is 140 Å². The number of aliphatic hydroxyl groups excluding tert-OH is 4. The van der Waals surface area contributed by atoms with Crippen molar-refractivity contribution in [3.63, 3.8) is 0 Å². The van der Waals surface area contributed by atoms with Crippen molar-refractivity contribution in [1.29, 1.82) is 0 Å². The molecule has 0 bridgehead atoms. The van der Waals surface area contributed by atoms with Crippen LogP contribution in [-0.2, 0) is 38.5 Å². The van der Waals surface area contributed by atoms with Gasteiger partial charge in [0.1, 0.15) is 0 Å². The third-order valence-corrected chi connectivity index (χ3v) is 27.7. The largest absolute Gasteiger partial charge is 0.493 e. The fourth-order valence-corrected chi connectivity index (χ4v) is 21.2. The van der Waals surface area contributed by atoms with Gasteiger partial charge in [-0.2, -0.15) is 0 Å². The van der Waals surface area contributed by atoms with E-state index in [2.05, 4.69) is 18.7 Å². The zero-order valence-corrected chi connectivity index (χ0v) is 84.2. The first-order valence-electron chi connectivity index (χ1n) is 73.3. The molecule has 0 radical (unpaired) electrons. The Morgan fingerprint density at radius 1 is 0.298 bits per heavy atom. The van der Waals surface area contributed by atoms with Crippen LogP contribution in [-0.4, -0.2) is 260 Å². The minimum Gasteiger partial charge on any atom is -0.493 e. The monoisotopic (exact) mass is 2010 g/mol. The van der Waals surface area contributed by atoms with Gasteiger partial charge in [-0.1, -0.05) is 103 Å². The first-order chi connectivity index (χ1) is 86.5. The molecule has 0 saturated carbocycles. The van der Waals surface area contributed by atoms with Crippen molar-refractivity contribution in [2.75, 3.05) is 164 Å². The van der Waals surface area contributed by atoms with E-state index in [9.17, 15) is 36.1 Å². The summed E-state index contributed by atoms with van der Waals surface area (Å²) in [5, 5.41) is 66.0. The van der Waals surface area contributed by atoms with Gasteiger partial charge in [-0.15, -0.1) is 0 Å². The molecular formula is C117H180N6O18. The van der Waals surface area contributed by atoms with Crippen LogP contribution in [0.4, 0.5) is 0 Å².